The molecule has 1 amide bonds. The summed E-state index contributed by atoms with van der Waals surface area (Å²) in [5, 5.41) is 4.63. The van der Waals surface area contributed by atoms with E-state index in [1.54, 1.807) is 24.2 Å². The van der Waals surface area contributed by atoms with Crippen LogP contribution >= 0.6 is 0 Å². The number of amides is 1. The molecular weight excluding hydrogens is 342 g/mol. The lowest BCUT2D eigenvalue weighted by molar-refractivity contribution is 0.0347. The number of pyridine rings is 1. The molecule has 7 nitrogen and oxygen atoms in total. The average Bonchev–Trinajstić information content (AvgIpc) is 3.34. The number of aromatic nitrogens is 4. The van der Waals surface area contributed by atoms with Gasteiger partial charge in [-0.3, -0.25) is 9.78 Å². The molecule has 0 radical (unpaired) electrons. The van der Waals surface area contributed by atoms with Crippen molar-refractivity contribution in [3.63, 3.8) is 0 Å². The second-order valence-electron chi connectivity index (χ2n) is 6.83. The van der Waals surface area contributed by atoms with Gasteiger partial charge in [0.1, 0.15) is 0 Å². The Hall–Kier alpha value is -2.93. The number of aryl methyl sites for hydroxylation is 1. The maximum absolute atomic E-state index is 13.0. The monoisotopic (exact) mass is 365 g/mol. The summed E-state index contributed by atoms with van der Waals surface area (Å²) in [5.74, 6) is -0.0376. The Bertz CT molecular complexity index is 923. The molecular formula is C20H23N5O2. The number of piperidine rings is 1. The zero-order chi connectivity index (χ0) is 18.8. The van der Waals surface area contributed by atoms with E-state index in [4.69, 9.17) is 4.74 Å². The summed E-state index contributed by atoms with van der Waals surface area (Å²) < 4.78 is 9.17. The summed E-state index contributed by atoms with van der Waals surface area (Å²) in [4.78, 5) is 19.1. The summed E-state index contributed by atoms with van der Waals surface area (Å²) in [6.45, 7) is 1.38. The molecule has 3 aromatic rings. The van der Waals surface area contributed by atoms with E-state index >= 15 is 0 Å². The molecule has 0 spiro atoms. The van der Waals surface area contributed by atoms with Crippen molar-refractivity contribution in [2.45, 2.75) is 18.9 Å². The SMILES string of the molecule is COC1CCN(C(=O)c2cc(-c3ccn(C)c3)n(-c3cccnc3)n2)CC1. The number of methoxy groups -OCH3 is 1. The van der Waals surface area contributed by atoms with Crippen molar-refractivity contribution in [2.75, 3.05) is 20.2 Å². The van der Waals surface area contributed by atoms with Gasteiger partial charge in [-0.1, -0.05) is 0 Å². The van der Waals surface area contributed by atoms with Crippen LogP contribution in [0.1, 0.15) is 23.3 Å². The molecule has 0 unspecified atom stereocenters. The van der Waals surface area contributed by atoms with E-state index in [-0.39, 0.29) is 12.0 Å². The minimum atomic E-state index is -0.0376. The number of hydrogen-bond acceptors (Lipinski definition) is 4. The minimum Gasteiger partial charge on any atom is -0.381 e. The van der Waals surface area contributed by atoms with Gasteiger partial charge >= 0.3 is 0 Å². The molecule has 1 aliphatic heterocycles. The lowest BCUT2D eigenvalue weighted by atomic mass is 10.1. The smallest absolute Gasteiger partial charge is 0.274 e. The standard InChI is InChI=1S/C20H23N5O2/c1-23-9-5-15(14-23)19-12-18(22-25(19)16-4-3-8-21-13-16)20(26)24-10-6-17(27-2)7-11-24/h3-5,8-9,12-14,17H,6-7,10-11H2,1-2H3. The topological polar surface area (TPSA) is 65.2 Å². The molecule has 1 saturated heterocycles. The quantitative estimate of drug-likeness (QED) is 0.713. The molecule has 3 aromatic heterocycles. The second kappa shape index (κ2) is 7.36. The Kier molecular flexibility index (Phi) is 4.77. The van der Waals surface area contributed by atoms with Gasteiger partial charge in [-0.25, -0.2) is 4.68 Å². The number of rotatable bonds is 4. The van der Waals surface area contributed by atoms with Crippen molar-refractivity contribution in [1.82, 2.24) is 24.2 Å². The maximum atomic E-state index is 13.0. The summed E-state index contributed by atoms with van der Waals surface area (Å²) in [6.07, 6.45) is 9.42. The third kappa shape index (κ3) is 3.50. The molecule has 140 valence electrons. The molecule has 1 aliphatic rings. The van der Waals surface area contributed by atoms with Crippen LogP contribution in [0.4, 0.5) is 0 Å². The van der Waals surface area contributed by atoms with Crippen molar-refractivity contribution in [3.8, 4) is 16.9 Å². The first-order chi connectivity index (χ1) is 13.2. The molecule has 0 saturated carbocycles. The van der Waals surface area contributed by atoms with Gasteiger partial charge in [0.2, 0.25) is 0 Å². The van der Waals surface area contributed by atoms with Crippen LogP contribution in [0.5, 0.6) is 0 Å². The normalized spacial score (nSPS) is 15.3. The fraction of sp³-hybridized carbons (Fsp3) is 0.350. The van der Waals surface area contributed by atoms with Crippen LogP contribution in [0.15, 0.2) is 49.1 Å². The lowest BCUT2D eigenvalue weighted by Crippen LogP contribution is -2.40. The Morgan fingerprint density at radius 2 is 2.07 bits per heavy atom. The van der Waals surface area contributed by atoms with Crippen LogP contribution in [0.25, 0.3) is 16.9 Å². The fourth-order valence-corrected chi connectivity index (χ4v) is 3.48. The van der Waals surface area contributed by atoms with Crippen LogP contribution in [-0.4, -0.2) is 56.4 Å². The van der Waals surface area contributed by atoms with Gasteiger partial charge in [-0.2, -0.15) is 5.10 Å². The Morgan fingerprint density at radius 1 is 1.26 bits per heavy atom. The predicted molar refractivity (Wildman–Crippen MR) is 102 cm³/mol. The highest BCUT2D eigenvalue weighted by Crippen LogP contribution is 2.25. The first-order valence-corrected chi connectivity index (χ1v) is 9.10. The van der Waals surface area contributed by atoms with Gasteiger partial charge in [0.15, 0.2) is 5.69 Å². The highest BCUT2D eigenvalue weighted by molar-refractivity contribution is 5.93. The van der Waals surface area contributed by atoms with Gasteiger partial charge in [-0.05, 0) is 37.1 Å². The summed E-state index contributed by atoms with van der Waals surface area (Å²) in [7, 11) is 3.70. The van der Waals surface area contributed by atoms with Crippen LogP contribution in [-0.2, 0) is 11.8 Å². The average molecular weight is 365 g/mol. The largest absolute Gasteiger partial charge is 0.381 e. The van der Waals surface area contributed by atoms with Gasteiger partial charge in [-0.15, -0.1) is 0 Å². The van der Waals surface area contributed by atoms with Crippen molar-refractivity contribution >= 4 is 5.91 Å². The minimum absolute atomic E-state index is 0.0376. The number of likely N-dealkylation sites (tertiary alicyclic amines) is 1. The van der Waals surface area contributed by atoms with E-state index in [0.29, 0.717) is 18.8 Å². The summed E-state index contributed by atoms with van der Waals surface area (Å²) in [6, 6.07) is 7.68. The summed E-state index contributed by atoms with van der Waals surface area (Å²) in [5.41, 5.74) is 3.16. The number of nitrogens with zero attached hydrogens (tertiary/aromatic N) is 5. The molecule has 0 atom stereocenters. The molecule has 0 aliphatic carbocycles. The number of carbonyl (C=O) groups is 1. The zero-order valence-electron chi connectivity index (χ0n) is 15.6. The molecule has 7 heteroatoms. The third-order valence-corrected chi connectivity index (χ3v) is 5.01. The van der Waals surface area contributed by atoms with E-state index in [9.17, 15) is 4.79 Å². The molecule has 0 bridgehead atoms. The van der Waals surface area contributed by atoms with E-state index in [1.165, 1.54) is 0 Å². The molecule has 4 rings (SSSR count). The van der Waals surface area contributed by atoms with Crippen LogP contribution in [0.2, 0.25) is 0 Å². The van der Waals surface area contributed by atoms with E-state index in [0.717, 1.165) is 29.8 Å². The number of ether oxygens (including phenoxy) is 1. The highest BCUT2D eigenvalue weighted by Gasteiger charge is 2.26. The zero-order valence-corrected chi connectivity index (χ0v) is 15.6. The van der Waals surface area contributed by atoms with E-state index in [1.807, 2.05) is 53.2 Å². The molecule has 1 fully saturated rings. The van der Waals surface area contributed by atoms with Crippen LogP contribution in [0, 0.1) is 0 Å². The van der Waals surface area contributed by atoms with Crippen molar-refractivity contribution in [2.24, 2.45) is 7.05 Å². The Balaban J connectivity index is 1.68. The lowest BCUT2D eigenvalue weighted by Gasteiger charge is -2.30. The van der Waals surface area contributed by atoms with E-state index < -0.39 is 0 Å². The maximum Gasteiger partial charge on any atom is 0.274 e. The fourth-order valence-electron chi connectivity index (χ4n) is 3.48. The summed E-state index contributed by atoms with van der Waals surface area (Å²) >= 11 is 0. The predicted octanol–water partition coefficient (Wildman–Crippen LogP) is 2.52. The Morgan fingerprint density at radius 3 is 2.70 bits per heavy atom. The highest BCUT2D eigenvalue weighted by atomic mass is 16.5. The molecule has 0 N–H and O–H groups in total. The first-order valence-electron chi connectivity index (χ1n) is 9.10. The first kappa shape index (κ1) is 17.5. The van der Waals surface area contributed by atoms with Crippen molar-refractivity contribution in [1.29, 1.82) is 0 Å². The number of hydrogen-bond donors (Lipinski definition) is 0. The molecule has 27 heavy (non-hydrogen) atoms. The van der Waals surface area contributed by atoms with Gasteiger partial charge < -0.3 is 14.2 Å². The van der Waals surface area contributed by atoms with Crippen molar-refractivity contribution < 1.29 is 9.53 Å². The number of carbonyl (C=O) groups excluding carboxylic acids is 1. The second-order valence-corrected chi connectivity index (χ2v) is 6.83. The third-order valence-electron chi connectivity index (χ3n) is 5.01. The van der Waals surface area contributed by atoms with Gasteiger partial charge in [0.05, 0.1) is 23.7 Å². The van der Waals surface area contributed by atoms with E-state index in [2.05, 4.69) is 10.1 Å². The van der Waals surface area contributed by atoms with Crippen molar-refractivity contribution in [3.05, 3.63) is 54.7 Å². The van der Waals surface area contributed by atoms with Crippen LogP contribution < -0.4 is 0 Å². The molecule has 0 aromatic carbocycles. The van der Waals surface area contributed by atoms with Crippen LogP contribution in [0.3, 0.4) is 0 Å². The molecule has 4 heterocycles. The van der Waals surface area contributed by atoms with Gasteiger partial charge in [0, 0.05) is 51.4 Å². The Labute approximate surface area is 158 Å². The van der Waals surface area contributed by atoms with Gasteiger partial charge in [0.25, 0.3) is 5.91 Å².